The molecule has 3 aromatic carbocycles. The van der Waals surface area contributed by atoms with Gasteiger partial charge in [-0.3, -0.25) is 4.79 Å². The Morgan fingerprint density at radius 3 is 1.97 bits per heavy atom. The Bertz CT molecular complexity index is 1140. The molecular weight excluding hydrogens is 388 g/mol. The van der Waals surface area contributed by atoms with Gasteiger partial charge in [-0.15, -0.1) is 0 Å². The first kappa shape index (κ1) is 20.2. The summed E-state index contributed by atoms with van der Waals surface area (Å²) in [6.45, 7) is -0.0444. The fourth-order valence-electron chi connectivity index (χ4n) is 3.11. The SMILES string of the molecule is COc1ccc(-c2cccc(-c3ccc(NC(=O)COc4ccccc4)cc3)n2)cc1. The summed E-state index contributed by atoms with van der Waals surface area (Å²) in [4.78, 5) is 16.9. The van der Waals surface area contributed by atoms with Gasteiger partial charge in [0, 0.05) is 16.8 Å². The molecule has 0 fully saturated rings. The third-order valence-corrected chi connectivity index (χ3v) is 4.71. The predicted molar refractivity (Wildman–Crippen MR) is 122 cm³/mol. The molecule has 4 rings (SSSR count). The Hall–Kier alpha value is -4.12. The molecule has 1 aromatic heterocycles. The first-order valence-electron chi connectivity index (χ1n) is 9.91. The van der Waals surface area contributed by atoms with Crippen molar-refractivity contribution in [1.82, 2.24) is 4.98 Å². The van der Waals surface area contributed by atoms with Crippen LogP contribution in [0.15, 0.2) is 97.1 Å². The minimum absolute atomic E-state index is 0.0444. The van der Waals surface area contributed by atoms with Crippen LogP contribution in [-0.4, -0.2) is 24.6 Å². The van der Waals surface area contributed by atoms with Gasteiger partial charge in [0.15, 0.2) is 6.61 Å². The number of nitrogens with one attached hydrogen (secondary N) is 1. The van der Waals surface area contributed by atoms with Crippen molar-refractivity contribution in [2.24, 2.45) is 0 Å². The summed E-state index contributed by atoms with van der Waals surface area (Å²) in [6, 6.07) is 30.6. The maximum atomic E-state index is 12.1. The van der Waals surface area contributed by atoms with Crippen molar-refractivity contribution in [2.45, 2.75) is 0 Å². The first-order chi connectivity index (χ1) is 15.2. The van der Waals surface area contributed by atoms with E-state index in [0.717, 1.165) is 28.3 Å². The molecule has 0 aliphatic carbocycles. The van der Waals surface area contributed by atoms with E-state index in [0.29, 0.717) is 11.4 Å². The highest BCUT2D eigenvalue weighted by atomic mass is 16.5. The Morgan fingerprint density at radius 1 is 0.742 bits per heavy atom. The van der Waals surface area contributed by atoms with E-state index in [1.807, 2.05) is 97.1 Å². The molecule has 5 heteroatoms. The average molecular weight is 410 g/mol. The Kier molecular flexibility index (Phi) is 6.24. The zero-order valence-electron chi connectivity index (χ0n) is 17.1. The highest BCUT2D eigenvalue weighted by Crippen LogP contribution is 2.25. The van der Waals surface area contributed by atoms with Crippen molar-refractivity contribution in [3.05, 3.63) is 97.1 Å². The number of carbonyl (C=O) groups excluding carboxylic acids is 1. The summed E-state index contributed by atoms with van der Waals surface area (Å²) < 4.78 is 10.7. The van der Waals surface area contributed by atoms with Gasteiger partial charge in [0.05, 0.1) is 18.5 Å². The number of benzene rings is 3. The van der Waals surface area contributed by atoms with Gasteiger partial charge in [0.25, 0.3) is 5.91 Å². The lowest BCUT2D eigenvalue weighted by Gasteiger charge is -2.09. The Balaban J connectivity index is 1.41. The van der Waals surface area contributed by atoms with E-state index in [1.54, 1.807) is 7.11 Å². The lowest BCUT2D eigenvalue weighted by molar-refractivity contribution is -0.118. The zero-order chi connectivity index (χ0) is 21.5. The molecule has 0 unspecified atom stereocenters. The number of ether oxygens (including phenoxy) is 2. The monoisotopic (exact) mass is 410 g/mol. The van der Waals surface area contributed by atoms with Crippen LogP contribution >= 0.6 is 0 Å². The van der Waals surface area contributed by atoms with Gasteiger partial charge in [-0.2, -0.15) is 0 Å². The van der Waals surface area contributed by atoms with Gasteiger partial charge < -0.3 is 14.8 Å². The fourth-order valence-corrected chi connectivity index (χ4v) is 3.11. The first-order valence-corrected chi connectivity index (χ1v) is 9.91. The van der Waals surface area contributed by atoms with Crippen molar-refractivity contribution in [3.8, 4) is 34.0 Å². The molecule has 0 saturated carbocycles. The van der Waals surface area contributed by atoms with Crippen molar-refractivity contribution in [2.75, 3.05) is 19.0 Å². The Morgan fingerprint density at radius 2 is 1.35 bits per heavy atom. The summed E-state index contributed by atoms with van der Waals surface area (Å²) in [5, 5.41) is 2.84. The summed E-state index contributed by atoms with van der Waals surface area (Å²) in [5.41, 5.74) is 4.43. The molecule has 0 bridgehead atoms. The molecule has 1 amide bonds. The highest BCUT2D eigenvalue weighted by molar-refractivity contribution is 5.92. The summed E-state index contributed by atoms with van der Waals surface area (Å²) in [5.74, 6) is 1.26. The van der Waals surface area contributed by atoms with Gasteiger partial charge in [-0.05, 0) is 60.7 Å². The predicted octanol–water partition coefficient (Wildman–Crippen LogP) is 5.44. The standard InChI is InChI=1S/C26H22N2O3/c1-30-22-16-12-20(13-17-22)25-9-5-8-24(28-25)19-10-14-21(15-11-19)27-26(29)18-31-23-6-3-2-4-7-23/h2-17H,18H2,1H3,(H,27,29). The van der Waals surface area contributed by atoms with Crippen LogP contribution in [0.25, 0.3) is 22.5 Å². The minimum atomic E-state index is -0.212. The molecule has 1 heterocycles. The van der Waals surface area contributed by atoms with E-state index in [4.69, 9.17) is 14.5 Å². The molecule has 1 N–H and O–H groups in total. The van der Waals surface area contributed by atoms with Crippen LogP contribution in [0.4, 0.5) is 5.69 Å². The van der Waals surface area contributed by atoms with Gasteiger partial charge >= 0.3 is 0 Å². The molecular formula is C26H22N2O3. The number of nitrogens with zero attached hydrogens (tertiary/aromatic N) is 1. The van der Waals surface area contributed by atoms with Crippen LogP contribution in [0.1, 0.15) is 0 Å². The molecule has 0 atom stereocenters. The van der Waals surface area contributed by atoms with E-state index in [9.17, 15) is 4.79 Å². The third kappa shape index (κ3) is 5.28. The van der Waals surface area contributed by atoms with E-state index in [-0.39, 0.29) is 12.5 Å². The number of amides is 1. The molecule has 0 saturated heterocycles. The molecule has 0 aliphatic heterocycles. The van der Waals surface area contributed by atoms with Gasteiger partial charge in [0.1, 0.15) is 11.5 Å². The molecule has 4 aromatic rings. The number of rotatable bonds is 7. The van der Waals surface area contributed by atoms with Crippen LogP contribution in [0.5, 0.6) is 11.5 Å². The van der Waals surface area contributed by atoms with Crippen LogP contribution < -0.4 is 14.8 Å². The lowest BCUT2D eigenvalue weighted by atomic mass is 10.1. The second kappa shape index (κ2) is 9.59. The average Bonchev–Trinajstić information content (AvgIpc) is 2.84. The number of methoxy groups -OCH3 is 1. The highest BCUT2D eigenvalue weighted by Gasteiger charge is 2.06. The molecule has 0 aliphatic rings. The molecule has 5 nitrogen and oxygen atoms in total. The molecule has 0 spiro atoms. The van der Waals surface area contributed by atoms with Crippen LogP contribution in [-0.2, 0) is 4.79 Å². The molecule has 154 valence electrons. The topological polar surface area (TPSA) is 60.5 Å². The molecule has 31 heavy (non-hydrogen) atoms. The second-order valence-corrected chi connectivity index (χ2v) is 6.86. The molecule has 0 radical (unpaired) electrons. The Labute approximate surface area is 181 Å². The fraction of sp³-hybridized carbons (Fsp3) is 0.0769. The second-order valence-electron chi connectivity index (χ2n) is 6.86. The van der Waals surface area contributed by atoms with Crippen molar-refractivity contribution < 1.29 is 14.3 Å². The number of carbonyl (C=O) groups is 1. The normalized spacial score (nSPS) is 10.4. The maximum absolute atomic E-state index is 12.1. The largest absolute Gasteiger partial charge is 0.497 e. The van der Waals surface area contributed by atoms with E-state index < -0.39 is 0 Å². The van der Waals surface area contributed by atoms with Crippen molar-refractivity contribution in [3.63, 3.8) is 0 Å². The summed E-state index contributed by atoms with van der Waals surface area (Å²) in [7, 11) is 1.65. The number of hydrogen-bond acceptors (Lipinski definition) is 4. The lowest BCUT2D eigenvalue weighted by Crippen LogP contribution is -2.20. The summed E-state index contributed by atoms with van der Waals surface area (Å²) >= 11 is 0. The minimum Gasteiger partial charge on any atom is -0.497 e. The number of aromatic nitrogens is 1. The quantitative estimate of drug-likeness (QED) is 0.441. The van der Waals surface area contributed by atoms with E-state index >= 15 is 0 Å². The maximum Gasteiger partial charge on any atom is 0.262 e. The van der Waals surface area contributed by atoms with Gasteiger partial charge in [-0.1, -0.05) is 36.4 Å². The van der Waals surface area contributed by atoms with Crippen LogP contribution in [0, 0.1) is 0 Å². The third-order valence-electron chi connectivity index (χ3n) is 4.71. The number of anilines is 1. The van der Waals surface area contributed by atoms with Crippen LogP contribution in [0.2, 0.25) is 0 Å². The van der Waals surface area contributed by atoms with Crippen molar-refractivity contribution >= 4 is 11.6 Å². The van der Waals surface area contributed by atoms with Gasteiger partial charge in [0.2, 0.25) is 0 Å². The zero-order valence-corrected chi connectivity index (χ0v) is 17.1. The van der Waals surface area contributed by atoms with Crippen molar-refractivity contribution in [1.29, 1.82) is 0 Å². The van der Waals surface area contributed by atoms with E-state index in [2.05, 4.69) is 5.32 Å². The smallest absolute Gasteiger partial charge is 0.262 e. The summed E-state index contributed by atoms with van der Waals surface area (Å²) in [6.07, 6.45) is 0. The number of pyridine rings is 1. The number of hydrogen-bond donors (Lipinski definition) is 1. The number of para-hydroxylation sites is 1. The van der Waals surface area contributed by atoms with Crippen LogP contribution in [0.3, 0.4) is 0 Å². The van der Waals surface area contributed by atoms with E-state index in [1.165, 1.54) is 0 Å². The van der Waals surface area contributed by atoms with Gasteiger partial charge in [-0.25, -0.2) is 4.98 Å².